The van der Waals surface area contributed by atoms with E-state index in [-0.39, 0.29) is 6.61 Å². The second kappa shape index (κ2) is 6.28. The summed E-state index contributed by atoms with van der Waals surface area (Å²) in [7, 11) is 0. The SMILES string of the molecule is OCCOCCNc1ccnc(F)c1. The van der Waals surface area contributed by atoms with Gasteiger partial charge >= 0.3 is 0 Å². The lowest BCUT2D eigenvalue weighted by atomic mass is 10.4. The highest BCUT2D eigenvalue weighted by molar-refractivity contribution is 5.40. The van der Waals surface area contributed by atoms with Gasteiger partial charge in [0.15, 0.2) is 0 Å². The van der Waals surface area contributed by atoms with Crippen LogP contribution in [0, 0.1) is 5.95 Å². The number of pyridine rings is 1. The first-order chi connectivity index (χ1) is 6.83. The number of rotatable bonds is 6. The molecule has 1 aromatic rings. The molecule has 1 aromatic heterocycles. The Labute approximate surface area is 81.7 Å². The second-order valence-corrected chi connectivity index (χ2v) is 2.63. The van der Waals surface area contributed by atoms with Gasteiger partial charge in [0.2, 0.25) is 5.95 Å². The first-order valence-electron chi connectivity index (χ1n) is 4.37. The zero-order chi connectivity index (χ0) is 10.2. The van der Waals surface area contributed by atoms with E-state index in [0.717, 1.165) is 0 Å². The van der Waals surface area contributed by atoms with E-state index in [9.17, 15) is 4.39 Å². The van der Waals surface area contributed by atoms with Gasteiger partial charge in [0.05, 0.1) is 19.8 Å². The first-order valence-corrected chi connectivity index (χ1v) is 4.37. The van der Waals surface area contributed by atoms with Gasteiger partial charge in [0, 0.05) is 24.5 Å². The summed E-state index contributed by atoms with van der Waals surface area (Å²) in [6.45, 7) is 1.39. The molecule has 0 aliphatic heterocycles. The molecule has 0 saturated carbocycles. The molecule has 0 aromatic carbocycles. The summed E-state index contributed by atoms with van der Waals surface area (Å²) in [5.41, 5.74) is 0.671. The number of ether oxygens (including phenoxy) is 1. The van der Waals surface area contributed by atoms with Gasteiger partial charge in [-0.05, 0) is 6.07 Å². The largest absolute Gasteiger partial charge is 0.394 e. The Kier molecular flexibility index (Phi) is 4.88. The van der Waals surface area contributed by atoms with Gasteiger partial charge in [-0.15, -0.1) is 0 Å². The van der Waals surface area contributed by atoms with Crippen LogP contribution in [0.4, 0.5) is 10.1 Å². The summed E-state index contributed by atoms with van der Waals surface area (Å²) < 4.78 is 17.6. The fraction of sp³-hybridized carbons (Fsp3) is 0.444. The molecule has 0 amide bonds. The lowest BCUT2D eigenvalue weighted by Gasteiger charge is -2.05. The normalized spacial score (nSPS) is 10.1. The number of anilines is 1. The summed E-state index contributed by atoms with van der Waals surface area (Å²) in [6, 6.07) is 2.99. The molecule has 1 rings (SSSR count). The van der Waals surface area contributed by atoms with Crippen molar-refractivity contribution in [3.8, 4) is 0 Å². The van der Waals surface area contributed by atoms with Crippen molar-refractivity contribution in [2.24, 2.45) is 0 Å². The Morgan fingerprint density at radius 3 is 3.07 bits per heavy atom. The molecule has 0 unspecified atom stereocenters. The third-order valence-electron chi connectivity index (χ3n) is 1.54. The van der Waals surface area contributed by atoms with E-state index in [1.165, 1.54) is 12.3 Å². The van der Waals surface area contributed by atoms with Crippen LogP contribution in [0.25, 0.3) is 0 Å². The third-order valence-corrected chi connectivity index (χ3v) is 1.54. The van der Waals surface area contributed by atoms with Gasteiger partial charge in [-0.25, -0.2) is 4.98 Å². The fourth-order valence-electron chi connectivity index (χ4n) is 0.947. The molecule has 0 saturated heterocycles. The van der Waals surface area contributed by atoms with Gasteiger partial charge in [0.1, 0.15) is 0 Å². The summed E-state index contributed by atoms with van der Waals surface area (Å²) >= 11 is 0. The zero-order valence-electron chi connectivity index (χ0n) is 7.74. The van der Waals surface area contributed by atoms with Gasteiger partial charge < -0.3 is 15.2 Å². The van der Waals surface area contributed by atoms with E-state index in [1.807, 2.05) is 0 Å². The van der Waals surface area contributed by atoms with Gasteiger partial charge in [-0.2, -0.15) is 4.39 Å². The predicted molar refractivity (Wildman–Crippen MR) is 50.6 cm³/mol. The molecule has 0 bridgehead atoms. The van der Waals surface area contributed by atoms with Gasteiger partial charge in [-0.3, -0.25) is 0 Å². The molecule has 14 heavy (non-hydrogen) atoms. The number of hydrogen-bond acceptors (Lipinski definition) is 4. The molecular weight excluding hydrogens is 187 g/mol. The maximum atomic E-state index is 12.6. The Hall–Kier alpha value is -1.20. The van der Waals surface area contributed by atoms with E-state index >= 15 is 0 Å². The molecule has 78 valence electrons. The van der Waals surface area contributed by atoms with Crippen LogP contribution >= 0.6 is 0 Å². The maximum absolute atomic E-state index is 12.6. The molecule has 0 atom stereocenters. The zero-order valence-corrected chi connectivity index (χ0v) is 7.74. The molecule has 0 aliphatic carbocycles. The Morgan fingerprint density at radius 1 is 1.50 bits per heavy atom. The van der Waals surface area contributed by atoms with Crippen LogP contribution in [0.15, 0.2) is 18.3 Å². The predicted octanol–water partition coefficient (Wildman–Crippen LogP) is 0.641. The van der Waals surface area contributed by atoms with E-state index in [1.54, 1.807) is 6.07 Å². The molecule has 0 aliphatic rings. The smallest absolute Gasteiger partial charge is 0.214 e. The van der Waals surface area contributed by atoms with E-state index in [0.29, 0.717) is 25.4 Å². The number of hydrogen-bond donors (Lipinski definition) is 2. The highest BCUT2D eigenvalue weighted by Crippen LogP contribution is 2.05. The average Bonchev–Trinajstić information content (AvgIpc) is 2.18. The van der Waals surface area contributed by atoms with E-state index < -0.39 is 5.95 Å². The molecule has 4 nitrogen and oxygen atoms in total. The highest BCUT2D eigenvalue weighted by Gasteiger charge is 1.94. The third kappa shape index (κ3) is 4.15. The maximum Gasteiger partial charge on any atom is 0.214 e. The molecule has 0 spiro atoms. The molecule has 0 radical (unpaired) electrons. The molecule has 2 N–H and O–H groups in total. The molecule has 1 heterocycles. The van der Waals surface area contributed by atoms with Crippen molar-refractivity contribution < 1.29 is 14.2 Å². The van der Waals surface area contributed by atoms with Crippen molar-refractivity contribution in [3.05, 3.63) is 24.3 Å². The second-order valence-electron chi connectivity index (χ2n) is 2.63. The summed E-state index contributed by atoms with van der Waals surface area (Å²) in [5, 5.41) is 11.4. The highest BCUT2D eigenvalue weighted by atomic mass is 19.1. The summed E-state index contributed by atoms with van der Waals surface area (Å²) in [6.07, 6.45) is 1.40. The molecule has 5 heteroatoms. The summed E-state index contributed by atoms with van der Waals surface area (Å²) in [5.74, 6) is -0.508. The number of nitrogens with one attached hydrogen (secondary N) is 1. The number of halogens is 1. The van der Waals surface area contributed by atoms with Crippen molar-refractivity contribution >= 4 is 5.69 Å². The van der Waals surface area contributed by atoms with Gasteiger partial charge in [0.25, 0.3) is 0 Å². The standard InChI is InChI=1S/C9H13FN2O2/c10-9-7-8(1-2-12-9)11-3-5-14-6-4-13/h1-2,7,13H,3-6H2,(H,11,12). The van der Waals surface area contributed by atoms with E-state index in [2.05, 4.69) is 10.3 Å². The minimum absolute atomic E-state index is 0.0177. The Bertz CT molecular complexity index is 271. The van der Waals surface area contributed by atoms with Crippen LogP contribution in [-0.4, -0.2) is 36.5 Å². The van der Waals surface area contributed by atoms with Crippen LogP contribution in [0.1, 0.15) is 0 Å². The topological polar surface area (TPSA) is 54.4 Å². The number of aliphatic hydroxyl groups excluding tert-OH is 1. The lowest BCUT2D eigenvalue weighted by molar-refractivity contribution is 0.0992. The van der Waals surface area contributed by atoms with Crippen LogP contribution < -0.4 is 5.32 Å². The van der Waals surface area contributed by atoms with Gasteiger partial charge in [-0.1, -0.05) is 0 Å². The number of aliphatic hydroxyl groups is 1. The first kappa shape index (κ1) is 10.9. The average molecular weight is 200 g/mol. The van der Waals surface area contributed by atoms with Crippen LogP contribution in [0.3, 0.4) is 0 Å². The quantitative estimate of drug-likeness (QED) is 0.522. The van der Waals surface area contributed by atoms with Crippen molar-refractivity contribution in [2.75, 3.05) is 31.7 Å². The minimum Gasteiger partial charge on any atom is -0.394 e. The van der Waals surface area contributed by atoms with Crippen LogP contribution in [0.5, 0.6) is 0 Å². The molecule has 0 fully saturated rings. The monoisotopic (exact) mass is 200 g/mol. The molecular formula is C9H13FN2O2. The van der Waals surface area contributed by atoms with Crippen molar-refractivity contribution in [3.63, 3.8) is 0 Å². The van der Waals surface area contributed by atoms with Crippen molar-refractivity contribution in [1.82, 2.24) is 4.98 Å². The summed E-state index contributed by atoms with van der Waals surface area (Å²) in [4.78, 5) is 3.43. The Balaban J connectivity index is 2.18. The number of nitrogens with zero attached hydrogens (tertiary/aromatic N) is 1. The van der Waals surface area contributed by atoms with Crippen molar-refractivity contribution in [1.29, 1.82) is 0 Å². The number of aromatic nitrogens is 1. The van der Waals surface area contributed by atoms with Crippen LogP contribution in [-0.2, 0) is 4.74 Å². The minimum atomic E-state index is -0.508. The van der Waals surface area contributed by atoms with Crippen molar-refractivity contribution in [2.45, 2.75) is 0 Å². The van der Waals surface area contributed by atoms with E-state index in [4.69, 9.17) is 9.84 Å². The fourth-order valence-corrected chi connectivity index (χ4v) is 0.947. The Morgan fingerprint density at radius 2 is 2.36 bits per heavy atom. The van der Waals surface area contributed by atoms with Crippen LogP contribution in [0.2, 0.25) is 0 Å². The lowest BCUT2D eigenvalue weighted by Crippen LogP contribution is -2.11.